The van der Waals surface area contributed by atoms with Crippen LogP contribution in [0.15, 0.2) is 35.4 Å². The quantitative estimate of drug-likeness (QED) is 0.313. The molecule has 162 valence electrons. The number of fused-ring (bicyclic) bond motifs is 2. The Bertz CT molecular complexity index is 1510. The lowest BCUT2D eigenvalue weighted by molar-refractivity contribution is 0.653. The third-order valence-electron chi connectivity index (χ3n) is 4.99. The van der Waals surface area contributed by atoms with E-state index in [0.29, 0.717) is 45.5 Å². The van der Waals surface area contributed by atoms with Crippen molar-refractivity contribution in [3.05, 3.63) is 62.1 Å². The fraction of sp³-hybridized carbons (Fsp3) is 0.158. The van der Waals surface area contributed by atoms with Crippen molar-refractivity contribution in [3.8, 4) is 5.82 Å². The van der Waals surface area contributed by atoms with Crippen LogP contribution < -0.4 is 10.9 Å². The summed E-state index contributed by atoms with van der Waals surface area (Å²) in [6.45, 7) is 1.94. The molecule has 0 aliphatic rings. The van der Waals surface area contributed by atoms with Crippen LogP contribution in [0.1, 0.15) is 25.2 Å². The number of hydrogen-bond acceptors (Lipinski definition) is 7. The van der Waals surface area contributed by atoms with E-state index in [1.807, 2.05) is 6.92 Å². The lowest BCUT2D eigenvalue weighted by Crippen LogP contribution is -2.29. The molecule has 3 N–H and O–H groups in total. The average Bonchev–Trinajstić information content (AvgIpc) is 3.46. The molecule has 1 aromatic carbocycles. The second-order valence-corrected chi connectivity index (χ2v) is 8.04. The lowest BCUT2D eigenvalue weighted by atomic mass is 10.1. The highest BCUT2D eigenvalue weighted by Crippen LogP contribution is 2.31. The SMILES string of the molecule is CC[C@H](Nc1nc(Cl)nc2[nH]ncc12)c1nc2c(Cl)ccc(Cl)c2c(=O)n1-c1ccn[nH]1. The molecule has 10 nitrogen and oxygen atoms in total. The molecule has 0 unspecified atom stereocenters. The zero-order chi connectivity index (χ0) is 22.4. The van der Waals surface area contributed by atoms with Crippen LogP contribution in [0.4, 0.5) is 5.82 Å². The van der Waals surface area contributed by atoms with Crippen molar-refractivity contribution in [2.75, 3.05) is 5.32 Å². The minimum atomic E-state index is -0.463. The molecule has 0 fully saturated rings. The van der Waals surface area contributed by atoms with Crippen LogP contribution in [0.2, 0.25) is 15.3 Å². The van der Waals surface area contributed by atoms with Gasteiger partial charge in [-0.3, -0.25) is 15.0 Å². The van der Waals surface area contributed by atoms with Gasteiger partial charge in [-0.15, -0.1) is 0 Å². The van der Waals surface area contributed by atoms with Crippen molar-refractivity contribution in [1.82, 2.24) is 39.9 Å². The molecule has 32 heavy (non-hydrogen) atoms. The summed E-state index contributed by atoms with van der Waals surface area (Å²) in [5.41, 5.74) is 0.412. The number of benzene rings is 1. The normalized spacial score (nSPS) is 12.5. The molecular formula is C19H14Cl3N9O. The maximum atomic E-state index is 13.6. The van der Waals surface area contributed by atoms with E-state index in [4.69, 9.17) is 39.8 Å². The summed E-state index contributed by atoms with van der Waals surface area (Å²) in [7, 11) is 0. The number of H-pyrrole nitrogens is 2. The molecular weight excluding hydrogens is 477 g/mol. The minimum Gasteiger partial charge on any atom is -0.359 e. The van der Waals surface area contributed by atoms with Crippen molar-refractivity contribution in [1.29, 1.82) is 0 Å². The molecule has 0 radical (unpaired) electrons. The number of anilines is 1. The highest BCUT2D eigenvalue weighted by Gasteiger charge is 2.24. The summed E-state index contributed by atoms with van der Waals surface area (Å²) >= 11 is 18.8. The predicted octanol–water partition coefficient (Wildman–Crippen LogP) is 4.30. The summed E-state index contributed by atoms with van der Waals surface area (Å²) in [5.74, 6) is 1.28. The largest absolute Gasteiger partial charge is 0.359 e. The Labute approximate surface area is 195 Å². The Morgan fingerprint density at radius 1 is 1.06 bits per heavy atom. The molecule has 4 aromatic heterocycles. The van der Waals surface area contributed by atoms with E-state index in [-0.39, 0.29) is 21.3 Å². The molecule has 0 aliphatic carbocycles. The number of halogens is 3. The standard InChI is InChI=1S/C19H14Cl3N9O/c1-2-11(25-15-8-7-24-30-16(8)28-19(22)27-15)17-26-14-10(21)4-3-9(20)13(14)18(32)31(17)12-5-6-23-29-12/h3-7,11H,2H2,1H3,(H,23,29)(H2,24,25,27,28,30)/t11-/m0/s1. The number of hydrogen-bond donors (Lipinski definition) is 3. The second kappa shape index (κ2) is 8.05. The molecule has 5 rings (SSSR count). The first-order valence-corrected chi connectivity index (χ1v) is 10.6. The van der Waals surface area contributed by atoms with Gasteiger partial charge in [0.15, 0.2) is 5.65 Å². The smallest absolute Gasteiger partial charge is 0.268 e. The number of aromatic amines is 2. The molecule has 0 amide bonds. The topological polar surface area (TPSA) is 130 Å². The maximum Gasteiger partial charge on any atom is 0.268 e. The van der Waals surface area contributed by atoms with Gasteiger partial charge in [0.25, 0.3) is 5.56 Å². The van der Waals surface area contributed by atoms with Crippen molar-refractivity contribution in [3.63, 3.8) is 0 Å². The molecule has 0 saturated heterocycles. The highest BCUT2D eigenvalue weighted by molar-refractivity contribution is 6.39. The molecule has 4 heterocycles. The zero-order valence-corrected chi connectivity index (χ0v) is 18.7. The van der Waals surface area contributed by atoms with Crippen LogP contribution in [0, 0.1) is 0 Å². The van der Waals surface area contributed by atoms with Gasteiger partial charge in [0.1, 0.15) is 17.5 Å². The Morgan fingerprint density at radius 3 is 2.62 bits per heavy atom. The maximum absolute atomic E-state index is 13.6. The van der Waals surface area contributed by atoms with E-state index in [9.17, 15) is 4.79 Å². The van der Waals surface area contributed by atoms with E-state index >= 15 is 0 Å². The van der Waals surface area contributed by atoms with Gasteiger partial charge in [-0.05, 0) is 30.2 Å². The van der Waals surface area contributed by atoms with Gasteiger partial charge in [0.05, 0.1) is 44.8 Å². The molecule has 0 bridgehead atoms. The zero-order valence-electron chi connectivity index (χ0n) is 16.4. The Morgan fingerprint density at radius 2 is 1.88 bits per heavy atom. The number of nitrogens with one attached hydrogen (secondary N) is 3. The number of nitrogens with zero attached hydrogens (tertiary/aromatic N) is 6. The van der Waals surface area contributed by atoms with Gasteiger partial charge < -0.3 is 5.32 Å². The monoisotopic (exact) mass is 489 g/mol. The second-order valence-electron chi connectivity index (χ2n) is 6.88. The van der Waals surface area contributed by atoms with Crippen molar-refractivity contribution in [2.45, 2.75) is 19.4 Å². The highest BCUT2D eigenvalue weighted by atomic mass is 35.5. The molecule has 0 aliphatic heterocycles. The fourth-order valence-electron chi connectivity index (χ4n) is 3.51. The van der Waals surface area contributed by atoms with Crippen LogP contribution in [0.25, 0.3) is 27.8 Å². The summed E-state index contributed by atoms with van der Waals surface area (Å²) < 4.78 is 1.42. The Balaban J connectivity index is 1.76. The molecule has 13 heteroatoms. The third-order valence-corrected chi connectivity index (χ3v) is 5.78. The van der Waals surface area contributed by atoms with Crippen LogP contribution in [0.3, 0.4) is 0 Å². The molecule has 0 saturated carbocycles. The van der Waals surface area contributed by atoms with Gasteiger partial charge in [-0.1, -0.05) is 30.1 Å². The van der Waals surface area contributed by atoms with Crippen molar-refractivity contribution < 1.29 is 0 Å². The Kier molecular flexibility index (Phi) is 5.20. The first-order chi connectivity index (χ1) is 15.5. The minimum absolute atomic E-state index is 0.0476. The van der Waals surface area contributed by atoms with Crippen LogP contribution in [-0.2, 0) is 0 Å². The summed E-state index contributed by atoms with van der Waals surface area (Å²) in [4.78, 5) is 26.7. The van der Waals surface area contributed by atoms with Gasteiger partial charge in [-0.2, -0.15) is 20.2 Å². The van der Waals surface area contributed by atoms with Crippen LogP contribution in [0.5, 0.6) is 0 Å². The van der Waals surface area contributed by atoms with Crippen molar-refractivity contribution >= 4 is 62.6 Å². The predicted molar refractivity (Wildman–Crippen MR) is 123 cm³/mol. The number of rotatable bonds is 5. The van der Waals surface area contributed by atoms with E-state index in [1.54, 1.807) is 30.6 Å². The first kappa shape index (κ1) is 20.7. The third kappa shape index (κ3) is 3.36. The lowest BCUT2D eigenvalue weighted by Gasteiger charge is -2.22. The van der Waals surface area contributed by atoms with Crippen molar-refractivity contribution in [2.24, 2.45) is 0 Å². The fourth-order valence-corrected chi connectivity index (χ4v) is 4.11. The molecule has 0 spiro atoms. The van der Waals surface area contributed by atoms with E-state index in [1.165, 1.54) is 4.57 Å². The summed E-state index contributed by atoms with van der Waals surface area (Å²) in [5, 5.41) is 18.4. The van der Waals surface area contributed by atoms with Gasteiger partial charge in [-0.25, -0.2) is 9.55 Å². The number of aromatic nitrogens is 8. The van der Waals surface area contributed by atoms with E-state index in [2.05, 4.69) is 35.7 Å². The molecule has 1 atom stereocenters. The first-order valence-electron chi connectivity index (χ1n) is 9.51. The van der Waals surface area contributed by atoms with Gasteiger partial charge in [0, 0.05) is 6.07 Å². The van der Waals surface area contributed by atoms with Gasteiger partial charge in [0.2, 0.25) is 5.28 Å². The van der Waals surface area contributed by atoms with Crippen LogP contribution in [-0.4, -0.2) is 39.9 Å². The Hall–Kier alpha value is -3.21. The van der Waals surface area contributed by atoms with E-state index in [0.717, 1.165) is 0 Å². The summed E-state index contributed by atoms with van der Waals surface area (Å²) in [6.07, 6.45) is 3.68. The van der Waals surface area contributed by atoms with Crippen LogP contribution >= 0.6 is 34.8 Å². The summed E-state index contributed by atoms with van der Waals surface area (Å²) in [6, 6.07) is 4.38. The van der Waals surface area contributed by atoms with E-state index < -0.39 is 6.04 Å². The average molecular weight is 491 g/mol. The molecule has 5 aromatic rings. The van der Waals surface area contributed by atoms with Gasteiger partial charge >= 0.3 is 0 Å².